The molecule has 0 spiro atoms. The quantitative estimate of drug-likeness (QED) is 0.279. The summed E-state index contributed by atoms with van der Waals surface area (Å²) >= 11 is 0.950. The minimum atomic E-state index is -4.42. The van der Waals surface area contributed by atoms with Crippen LogP contribution in [0.5, 0.6) is 0 Å². The van der Waals surface area contributed by atoms with Crippen LogP contribution in [-0.2, 0) is 12.7 Å². The number of aliphatic hydroxyl groups is 1. The first-order chi connectivity index (χ1) is 11.4. The molecule has 1 rings (SSSR count). The van der Waals surface area contributed by atoms with Crippen molar-refractivity contribution in [3.8, 4) is 0 Å². The third-order valence-corrected chi connectivity index (χ3v) is 4.18. The highest BCUT2D eigenvalue weighted by molar-refractivity contribution is 14.0. The first-order valence-corrected chi connectivity index (χ1v) is 8.93. The molecular formula is C15H26F3IN4OS. The van der Waals surface area contributed by atoms with Crippen LogP contribution in [0.4, 0.5) is 13.2 Å². The minimum Gasteiger partial charge on any atom is -0.396 e. The van der Waals surface area contributed by atoms with Crippen molar-refractivity contribution in [2.24, 2.45) is 10.9 Å². The Bertz CT molecular complexity index is 505. The van der Waals surface area contributed by atoms with Crippen LogP contribution in [0.2, 0.25) is 0 Å². The molecule has 146 valence electrons. The molecule has 1 aromatic rings. The molecule has 0 saturated heterocycles. The summed E-state index contributed by atoms with van der Waals surface area (Å²) in [5, 5.41) is 16.6. The second-order valence-corrected chi connectivity index (χ2v) is 6.31. The molecule has 0 radical (unpaired) electrons. The predicted octanol–water partition coefficient (Wildman–Crippen LogP) is 3.63. The van der Waals surface area contributed by atoms with Crippen LogP contribution in [0.15, 0.2) is 10.4 Å². The van der Waals surface area contributed by atoms with E-state index in [0.29, 0.717) is 36.4 Å². The Balaban J connectivity index is 0.00000576. The van der Waals surface area contributed by atoms with Gasteiger partial charge in [0.05, 0.1) is 6.54 Å². The summed E-state index contributed by atoms with van der Waals surface area (Å²) in [6.07, 6.45) is -1.69. The molecule has 5 nitrogen and oxygen atoms in total. The Hall–Kier alpha value is -0.620. The molecule has 0 aromatic carbocycles. The minimum absolute atomic E-state index is 0. The molecular weight excluding hydrogens is 468 g/mol. The van der Waals surface area contributed by atoms with E-state index < -0.39 is 11.9 Å². The van der Waals surface area contributed by atoms with E-state index in [0.717, 1.165) is 29.6 Å². The van der Waals surface area contributed by atoms with Crippen molar-refractivity contribution in [2.45, 2.75) is 45.8 Å². The molecule has 0 amide bonds. The van der Waals surface area contributed by atoms with Crippen molar-refractivity contribution in [2.75, 3.05) is 19.7 Å². The normalized spacial score (nSPS) is 13.3. The van der Waals surface area contributed by atoms with E-state index in [9.17, 15) is 13.2 Å². The summed E-state index contributed by atoms with van der Waals surface area (Å²) < 4.78 is 37.6. The molecule has 1 aromatic heterocycles. The Labute approximate surface area is 167 Å². The van der Waals surface area contributed by atoms with Crippen LogP contribution < -0.4 is 10.6 Å². The number of aromatic nitrogens is 1. The first-order valence-electron chi connectivity index (χ1n) is 8.05. The number of alkyl halides is 3. The van der Waals surface area contributed by atoms with Gasteiger partial charge in [-0.3, -0.25) is 0 Å². The van der Waals surface area contributed by atoms with Gasteiger partial charge in [-0.05, 0) is 25.7 Å². The number of guanidine groups is 1. The fourth-order valence-electron chi connectivity index (χ4n) is 2.18. The van der Waals surface area contributed by atoms with Gasteiger partial charge in [0.1, 0.15) is 5.01 Å². The molecule has 3 N–H and O–H groups in total. The van der Waals surface area contributed by atoms with Gasteiger partial charge in [0.15, 0.2) is 11.7 Å². The average Bonchev–Trinajstić information content (AvgIpc) is 2.99. The molecule has 1 atom stereocenters. The van der Waals surface area contributed by atoms with Crippen molar-refractivity contribution in [1.82, 2.24) is 15.6 Å². The van der Waals surface area contributed by atoms with Gasteiger partial charge in [-0.2, -0.15) is 13.2 Å². The second kappa shape index (κ2) is 12.7. The van der Waals surface area contributed by atoms with Gasteiger partial charge in [0.25, 0.3) is 0 Å². The third-order valence-electron chi connectivity index (χ3n) is 3.35. The standard InChI is InChI=1S/C15H25F3N4OS.HI/c1-3-5-11(6-7-23)8-20-14(19-4-2)21-9-13-22-12(10-24-13)15(16,17)18;/h10-11,23H,3-9H2,1-2H3,(H2,19,20,21);1H. The maximum absolute atomic E-state index is 12.5. The van der Waals surface area contributed by atoms with E-state index in [2.05, 4.69) is 27.5 Å². The van der Waals surface area contributed by atoms with E-state index in [-0.39, 0.29) is 37.1 Å². The number of halogens is 4. The third kappa shape index (κ3) is 9.59. The lowest BCUT2D eigenvalue weighted by Gasteiger charge is -2.18. The van der Waals surface area contributed by atoms with Gasteiger partial charge in [-0.1, -0.05) is 13.3 Å². The Morgan fingerprint density at radius 3 is 2.56 bits per heavy atom. The monoisotopic (exact) mass is 494 g/mol. The van der Waals surface area contributed by atoms with E-state index in [1.165, 1.54) is 0 Å². The lowest BCUT2D eigenvalue weighted by molar-refractivity contribution is -0.140. The van der Waals surface area contributed by atoms with Gasteiger partial charge in [-0.25, -0.2) is 9.98 Å². The van der Waals surface area contributed by atoms with Crippen molar-refractivity contribution in [1.29, 1.82) is 0 Å². The fourth-order valence-corrected chi connectivity index (χ4v) is 2.91. The van der Waals surface area contributed by atoms with Crippen LogP contribution in [0.3, 0.4) is 0 Å². The lowest BCUT2D eigenvalue weighted by atomic mass is 10.0. The highest BCUT2D eigenvalue weighted by Crippen LogP contribution is 2.30. The first kappa shape index (κ1) is 24.4. The number of nitrogens with one attached hydrogen (secondary N) is 2. The molecule has 10 heteroatoms. The summed E-state index contributed by atoms with van der Waals surface area (Å²) in [4.78, 5) is 7.85. The number of hydrogen-bond donors (Lipinski definition) is 3. The number of aliphatic imine (C=N–C) groups is 1. The fraction of sp³-hybridized carbons (Fsp3) is 0.733. The number of aliphatic hydroxyl groups excluding tert-OH is 1. The lowest BCUT2D eigenvalue weighted by Crippen LogP contribution is -2.40. The van der Waals surface area contributed by atoms with Crippen molar-refractivity contribution in [3.63, 3.8) is 0 Å². The van der Waals surface area contributed by atoms with Crippen molar-refractivity contribution < 1.29 is 18.3 Å². The Morgan fingerprint density at radius 1 is 1.32 bits per heavy atom. The zero-order valence-corrected chi connectivity index (χ0v) is 17.5. The summed E-state index contributed by atoms with van der Waals surface area (Å²) in [6, 6.07) is 0. The Morgan fingerprint density at radius 2 is 2.04 bits per heavy atom. The predicted molar refractivity (Wildman–Crippen MR) is 105 cm³/mol. The van der Waals surface area contributed by atoms with Crippen LogP contribution in [0, 0.1) is 5.92 Å². The number of hydrogen-bond acceptors (Lipinski definition) is 4. The summed E-state index contributed by atoms with van der Waals surface area (Å²) in [6.45, 7) is 5.54. The molecule has 0 bridgehead atoms. The van der Waals surface area contributed by atoms with E-state index in [1.54, 1.807) is 0 Å². The van der Waals surface area contributed by atoms with Crippen LogP contribution in [0.25, 0.3) is 0 Å². The highest BCUT2D eigenvalue weighted by Gasteiger charge is 2.33. The molecule has 25 heavy (non-hydrogen) atoms. The number of nitrogens with zero attached hydrogens (tertiary/aromatic N) is 2. The smallest absolute Gasteiger partial charge is 0.396 e. The SMILES string of the molecule is CCCC(CCO)CNC(=NCc1nc(C(F)(F)F)cs1)NCC.I. The summed E-state index contributed by atoms with van der Waals surface area (Å²) in [5.41, 5.74) is -0.874. The largest absolute Gasteiger partial charge is 0.434 e. The van der Waals surface area contributed by atoms with Crippen molar-refractivity contribution in [3.05, 3.63) is 16.1 Å². The van der Waals surface area contributed by atoms with Gasteiger partial charge >= 0.3 is 6.18 Å². The maximum atomic E-state index is 12.5. The zero-order chi connectivity index (χ0) is 18.0. The molecule has 0 saturated carbocycles. The van der Waals surface area contributed by atoms with Crippen LogP contribution >= 0.6 is 35.3 Å². The second-order valence-electron chi connectivity index (χ2n) is 5.37. The zero-order valence-electron chi connectivity index (χ0n) is 14.4. The number of rotatable bonds is 9. The summed E-state index contributed by atoms with van der Waals surface area (Å²) in [5.74, 6) is 0.876. The molecule has 1 unspecified atom stereocenters. The van der Waals surface area contributed by atoms with E-state index >= 15 is 0 Å². The van der Waals surface area contributed by atoms with E-state index in [4.69, 9.17) is 5.11 Å². The van der Waals surface area contributed by atoms with Gasteiger partial charge in [-0.15, -0.1) is 35.3 Å². The Kier molecular flexibility index (Phi) is 12.4. The molecule has 0 fully saturated rings. The number of thiazole rings is 1. The van der Waals surface area contributed by atoms with Crippen molar-refractivity contribution >= 4 is 41.3 Å². The van der Waals surface area contributed by atoms with Gasteiger partial charge < -0.3 is 15.7 Å². The molecule has 0 aliphatic heterocycles. The molecule has 0 aliphatic rings. The average molecular weight is 494 g/mol. The van der Waals surface area contributed by atoms with Gasteiger partial charge in [0.2, 0.25) is 0 Å². The summed E-state index contributed by atoms with van der Waals surface area (Å²) in [7, 11) is 0. The van der Waals surface area contributed by atoms with E-state index in [1.807, 2.05) is 6.92 Å². The molecule has 0 aliphatic carbocycles. The topological polar surface area (TPSA) is 69.5 Å². The maximum Gasteiger partial charge on any atom is 0.434 e. The van der Waals surface area contributed by atoms with Crippen LogP contribution in [0.1, 0.15) is 43.8 Å². The van der Waals surface area contributed by atoms with Crippen LogP contribution in [-0.4, -0.2) is 35.7 Å². The van der Waals surface area contributed by atoms with Gasteiger partial charge in [0, 0.05) is 25.1 Å². The molecule has 1 heterocycles. The highest BCUT2D eigenvalue weighted by atomic mass is 127.